The Morgan fingerprint density at radius 3 is 2.94 bits per heavy atom. The molecule has 0 saturated heterocycles. The van der Waals surface area contributed by atoms with Crippen molar-refractivity contribution in [2.24, 2.45) is 0 Å². The van der Waals surface area contributed by atoms with Gasteiger partial charge in [0.15, 0.2) is 0 Å². The number of aromatic nitrogens is 1. The van der Waals surface area contributed by atoms with Crippen LogP contribution >= 0.6 is 11.3 Å². The zero-order valence-corrected chi connectivity index (χ0v) is 10.8. The summed E-state index contributed by atoms with van der Waals surface area (Å²) in [6.45, 7) is 1.67. The third-order valence-electron chi connectivity index (χ3n) is 2.18. The zero-order valence-electron chi connectivity index (χ0n) is 9.17. The number of rotatable bonds is 4. The molecule has 0 radical (unpaired) electrons. The fourth-order valence-corrected chi connectivity index (χ4v) is 3.44. The Kier molecular flexibility index (Phi) is 3.43. The molecule has 2 rings (SSSR count). The molecule has 0 spiro atoms. The molecule has 0 atom stereocenters. The predicted molar refractivity (Wildman–Crippen MR) is 66.6 cm³/mol. The molecular formula is C10H12N2O3S2. The van der Waals surface area contributed by atoms with Gasteiger partial charge in [-0.3, -0.25) is 0 Å². The second kappa shape index (κ2) is 4.69. The van der Waals surface area contributed by atoms with Crippen LogP contribution in [-0.4, -0.2) is 31.7 Å². The number of aliphatic hydroxyl groups is 1. The van der Waals surface area contributed by atoms with E-state index in [9.17, 15) is 8.42 Å². The van der Waals surface area contributed by atoms with Crippen LogP contribution in [-0.2, 0) is 10.0 Å². The Labute approximate surface area is 103 Å². The van der Waals surface area contributed by atoms with Gasteiger partial charge in [-0.2, -0.15) is 0 Å². The van der Waals surface area contributed by atoms with Gasteiger partial charge in [0.2, 0.25) is 10.0 Å². The maximum atomic E-state index is 11.8. The SMILES string of the molecule is Cc1nc2ccc(S(=O)(=O)NCCO)cc2s1. The standard InChI is InChI=1S/C10H12N2O3S2/c1-7-12-9-3-2-8(6-10(9)16-7)17(14,15)11-4-5-13/h2-3,6,11,13H,4-5H2,1H3. The number of benzene rings is 1. The smallest absolute Gasteiger partial charge is 0.240 e. The third kappa shape index (κ3) is 2.63. The maximum Gasteiger partial charge on any atom is 0.240 e. The van der Waals surface area contributed by atoms with Crippen LogP contribution in [0.2, 0.25) is 0 Å². The van der Waals surface area contributed by atoms with Crippen molar-refractivity contribution in [3.05, 3.63) is 23.2 Å². The van der Waals surface area contributed by atoms with Crippen LogP contribution in [0.15, 0.2) is 23.1 Å². The van der Waals surface area contributed by atoms with Crippen molar-refractivity contribution in [1.82, 2.24) is 9.71 Å². The van der Waals surface area contributed by atoms with E-state index in [-0.39, 0.29) is 18.0 Å². The molecule has 2 N–H and O–H groups in total. The number of sulfonamides is 1. The molecule has 1 aromatic heterocycles. The summed E-state index contributed by atoms with van der Waals surface area (Å²) in [5, 5.41) is 9.52. The van der Waals surface area contributed by atoms with Crippen molar-refractivity contribution in [1.29, 1.82) is 0 Å². The van der Waals surface area contributed by atoms with Crippen LogP contribution in [0, 0.1) is 6.92 Å². The van der Waals surface area contributed by atoms with Crippen LogP contribution in [0.4, 0.5) is 0 Å². The van der Waals surface area contributed by atoms with Crippen molar-refractivity contribution >= 4 is 31.6 Å². The molecule has 1 heterocycles. The van der Waals surface area contributed by atoms with Gasteiger partial charge in [-0.05, 0) is 25.1 Å². The largest absolute Gasteiger partial charge is 0.395 e. The quantitative estimate of drug-likeness (QED) is 0.865. The average Bonchev–Trinajstić information content (AvgIpc) is 2.65. The number of nitrogens with zero attached hydrogens (tertiary/aromatic N) is 1. The van der Waals surface area contributed by atoms with Gasteiger partial charge in [0.25, 0.3) is 0 Å². The first-order chi connectivity index (χ1) is 8.03. The third-order valence-corrected chi connectivity index (χ3v) is 4.57. The first kappa shape index (κ1) is 12.4. The minimum Gasteiger partial charge on any atom is -0.395 e. The van der Waals surface area contributed by atoms with Gasteiger partial charge in [0, 0.05) is 6.54 Å². The van der Waals surface area contributed by atoms with E-state index < -0.39 is 10.0 Å². The number of nitrogens with one attached hydrogen (secondary N) is 1. The topological polar surface area (TPSA) is 79.3 Å². The number of hydrogen-bond donors (Lipinski definition) is 2. The second-order valence-corrected chi connectivity index (χ2v) is 6.49. The molecule has 0 saturated carbocycles. The molecule has 7 heteroatoms. The van der Waals surface area contributed by atoms with Gasteiger partial charge in [-0.15, -0.1) is 11.3 Å². The van der Waals surface area contributed by atoms with E-state index in [1.165, 1.54) is 17.4 Å². The molecule has 0 fully saturated rings. The van der Waals surface area contributed by atoms with E-state index in [0.29, 0.717) is 0 Å². The molecule has 1 aromatic carbocycles. The van der Waals surface area contributed by atoms with E-state index in [0.717, 1.165) is 15.2 Å². The normalized spacial score (nSPS) is 12.1. The highest BCUT2D eigenvalue weighted by Crippen LogP contribution is 2.24. The van der Waals surface area contributed by atoms with Crippen LogP contribution in [0.3, 0.4) is 0 Å². The fourth-order valence-electron chi connectivity index (χ4n) is 1.45. The summed E-state index contributed by atoms with van der Waals surface area (Å²) < 4.78 is 26.8. The lowest BCUT2D eigenvalue weighted by Crippen LogP contribution is -2.26. The molecule has 92 valence electrons. The summed E-state index contributed by atoms with van der Waals surface area (Å²) in [6, 6.07) is 4.80. The lowest BCUT2D eigenvalue weighted by Gasteiger charge is -2.04. The lowest BCUT2D eigenvalue weighted by atomic mass is 10.3. The van der Waals surface area contributed by atoms with Crippen molar-refractivity contribution < 1.29 is 13.5 Å². The second-order valence-electron chi connectivity index (χ2n) is 3.48. The van der Waals surface area contributed by atoms with Gasteiger partial charge in [0.1, 0.15) is 0 Å². The molecule has 0 unspecified atom stereocenters. The molecule has 0 aliphatic carbocycles. The highest BCUT2D eigenvalue weighted by atomic mass is 32.2. The number of thiazole rings is 1. The molecule has 0 aliphatic rings. The average molecular weight is 272 g/mol. The summed E-state index contributed by atoms with van der Waals surface area (Å²) >= 11 is 1.45. The Bertz CT molecular complexity index is 634. The summed E-state index contributed by atoms with van der Waals surface area (Å²) in [4.78, 5) is 4.46. The van der Waals surface area contributed by atoms with Crippen LogP contribution in [0.25, 0.3) is 10.2 Å². The Morgan fingerprint density at radius 2 is 2.24 bits per heavy atom. The van der Waals surface area contributed by atoms with E-state index in [1.807, 2.05) is 6.92 Å². The van der Waals surface area contributed by atoms with E-state index in [2.05, 4.69) is 9.71 Å². The van der Waals surface area contributed by atoms with E-state index >= 15 is 0 Å². The maximum absolute atomic E-state index is 11.8. The number of fused-ring (bicyclic) bond motifs is 1. The van der Waals surface area contributed by atoms with Gasteiger partial charge < -0.3 is 5.11 Å². The van der Waals surface area contributed by atoms with E-state index in [4.69, 9.17) is 5.11 Å². The van der Waals surface area contributed by atoms with Gasteiger partial charge in [-0.1, -0.05) is 0 Å². The van der Waals surface area contributed by atoms with Gasteiger partial charge >= 0.3 is 0 Å². The predicted octanol–water partition coefficient (Wildman–Crippen LogP) is 0.875. The van der Waals surface area contributed by atoms with Crippen LogP contribution in [0.5, 0.6) is 0 Å². The molecule has 0 bridgehead atoms. The van der Waals surface area contributed by atoms with Gasteiger partial charge in [-0.25, -0.2) is 18.1 Å². The molecule has 5 nitrogen and oxygen atoms in total. The number of aryl methyl sites for hydroxylation is 1. The van der Waals surface area contributed by atoms with Crippen molar-refractivity contribution in [3.63, 3.8) is 0 Å². The number of aliphatic hydroxyl groups excluding tert-OH is 1. The Hall–Kier alpha value is -1.02. The number of hydrogen-bond acceptors (Lipinski definition) is 5. The highest BCUT2D eigenvalue weighted by molar-refractivity contribution is 7.89. The highest BCUT2D eigenvalue weighted by Gasteiger charge is 2.14. The lowest BCUT2D eigenvalue weighted by molar-refractivity contribution is 0.301. The summed E-state index contributed by atoms with van der Waals surface area (Å²) in [5.74, 6) is 0. The van der Waals surface area contributed by atoms with Crippen LogP contribution < -0.4 is 4.72 Å². The monoisotopic (exact) mass is 272 g/mol. The van der Waals surface area contributed by atoms with Crippen molar-refractivity contribution in [2.45, 2.75) is 11.8 Å². The summed E-state index contributed by atoms with van der Waals surface area (Å²) in [7, 11) is -3.54. The van der Waals surface area contributed by atoms with Crippen molar-refractivity contribution in [2.75, 3.05) is 13.2 Å². The minimum atomic E-state index is -3.54. The fraction of sp³-hybridized carbons (Fsp3) is 0.300. The summed E-state index contributed by atoms with van der Waals surface area (Å²) in [6.07, 6.45) is 0. The van der Waals surface area contributed by atoms with E-state index in [1.54, 1.807) is 12.1 Å². The molecule has 0 amide bonds. The molecular weight excluding hydrogens is 260 g/mol. The van der Waals surface area contributed by atoms with Gasteiger partial charge in [0.05, 0.1) is 26.7 Å². The first-order valence-electron chi connectivity index (χ1n) is 5.00. The molecule has 17 heavy (non-hydrogen) atoms. The first-order valence-corrected chi connectivity index (χ1v) is 7.30. The van der Waals surface area contributed by atoms with Crippen molar-refractivity contribution in [3.8, 4) is 0 Å². The molecule has 0 aliphatic heterocycles. The minimum absolute atomic E-state index is 0.0160. The molecule has 2 aromatic rings. The Morgan fingerprint density at radius 1 is 1.47 bits per heavy atom. The van der Waals surface area contributed by atoms with Crippen LogP contribution in [0.1, 0.15) is 5.01 Å². The summed E-state index contributed by atoms with van der Waals surface area (Å²) in [5.41, 5.74) is 0.800. The Balaban J connectivity index is 2.42. The zero-order chi connectivity index (χ0) is 12.5.